The highest BCUT2D eigenvalue weighted by atomic mass is 16.5. The molecular weight excluding hydrogens is 396 g/mol. The summed E-state index contributed by atoms with van der Waals surface area (Å²) in [5.74, 6) is 1.31. The van der Waals surface area contributed by atoms with Crippen LogP contribution in [-0.4, -0.2) is 55.5 Å². The third-order valence-corrected chi connectivity index (χ3v) is 7.40. The molecule has 4 rings (SSSR count). The fraction of sp³-hybridized carbons (Fsp3) is 0.536. The second kappa shape index (κ2) is 11.0. The van der Waals surface area contributed by atoms with Gasteiger partial charge in [0, 0.05) is 7.05 Å². The number of nitrogens with zero attached hydrogens (tertiary/aromatic N) is 2. The molecule has 32 heavy (non-hydrogen) atoms. The summed E-state index contributed by atoms with van der Waals surface area (Å²) in [7, 11) is 1.96. The molecule has 1 spiro atoms. The lowest BCUT2D eigenvalue weighted by atomic mass is 9.73. The molecule has 1 fully saturated rings. The lowest BCUT2D eigenvalue weighted by Crippen LogP contribution is -2.50. The van der Waals surface area contributed by atoms with Gasteiger partial charge in [0.15, 0.2) is 0 Å². The molecule has 2 aromatic rings. The Labute approximate surface area is 193 Å². The van der Waals surface area contributed by atoms with Crippen LogP contribution in [0.2, 0.25) is 0 Å². The van der Waals surface area contributed by atoms with Crippen LogP contribution in [0.15, 0.2) is 54.6 Å². The van der Waals surface area contributed by atoms with Crippen molar-refractivity contribution in [2.24, 2.45) is 5.41 Å². The number of fused-ring (bicyclic) bond motifs is 1. The first-order valence-electron chi connectivity index (χ1n) is 12.4. The second-order valence-electron chi connectivity index (χ2n) is 9.60. The standard InChI is InChI=1S/C28H38N2O2/c1-29-22-23-32-26-15-6-5-13-25(26)14-7-8-16-28(27(29)31)17-20-30(21-18-28)19-9-12-24-10-3-2-4-11-24/h2-6,10-11,13,15H,7-9,12,14,16-23H2,1H3. The molecule has 4 heteroatoms. The predicted octanol–water partition coefficient (Wildman–Crippen LogP) is 4.97. The highest BCUT2D eigenvalue weighted by Crippen LogP contribution is 2.39. The molecule has 1 saturated heterocycles. The maximum absolute atomic E-state index is 13.5. The Balaban J connectivity index is 1.34. The topological polar surface area (TPSA) is 32.8 Å². The molecule has 0 aromatic heterocycles. The van der Waals surface area contributed by atoms with E-state index in [0.29, 0.717) is 19.1 Å². The van der Waals surface area contributed by atoms with Crippen LogP contribution in [0.3, 0.4) is 0 Å². The van der Waals surface area contributed by atoms with Crippen molar-refractivity contribution in [1.82, 2.24) is 9.80 Å². The Kier molecular flexibility index (Phi) is 7.85. The Morgan fingerprint density at radius 2 is 1.66 bits per heavy atom. The van der Waals surface area contributed by atoms with E-state index in [0.717, 1.165) is 70.3 Å². The van der Waals surface area contributed by atoms with E-state index >= 15 is 0 Å². The molecule has 0 radical (unpaired) electrons. The zero-order chi connectivity index (χ0) is 22.2. The summed E-state index contributed by atoms with van der Waals surface area (Å²) < 4.78 is 6.05. The number of likely N-dealkylation sites (N-methyl/N-ethyl adjacent to an activating group) is 1. The van der Waals surface area contributed by atoms with Crippen LogP contribution < -0.4 is 4.74 Å². The molecule has 0 aliphatic carbocycles. The van der Waals surface area contributed by atoms with Crippen molar-refractivity contribution in [2.45, 2.75) is 51.4 Å². The first-order chi connectivity index (χ1) is 15.7. The molecule has 0 saturated carbocycles. The van der Waals surface area contributed by atoms with Gasteiger partial charge in [-0.05, 0) is 81.8 Å². The monoisotopic (exact) mass is 434 g/mol. The van der Waals surface area contributed by atoms with E-state index in [-0.39, 0.29) is 5.41 Å². The normalized spacial score (nSPS) is 20.2. The summed E-state index contributed by atoms with van der Waals surface area (Å²) in [5.41, 5.74) is 2.52. The quantitative estimate of drug-likeness (QED) is 0.681. The number of carbonyl (C=O) groups is 1. The summed E-state index contributed by atoms with van der Waals surface area (Å²) in [6.45, 7) is 4.40. The highest BCUT2D eigenvalue weighted by Gasteiger charge is 2.42. The van der Waals surface area contributed by atoms with Gasteiger partial charge in [-0.15, -0.1) is 0 Å². The largest absolute Gasteiger partial charge is 0.491 e. The number of rotatable bonds is 4. The average Bonchev–Trinajstić information content (AvgIpc) is 2.83. The van der Waals surface area contributed by atoms with Crippen LogP contribution >= 0.6 is 0 Å². The molecule has 172 valence electrons. The van der Waals surface area contributed by atoms with Crippen LogP contribution in [-0.2, 0) is 17.6 Å². The van der Waals surface area contributed by atoms with Crippen molar-refractivity contribution in [1.29, 1.82) is 0 Å². The van der Waals surface area contributed by atoms with E-state index in [4.69, 9.17) is 4.74 Å². The van der Waals surface area contributed by atoms with Gasteiger partial charge in [0.25, 0.3) is 0 Å². The average molecular weight is 435 g/mol. The molecule has 0 bridgehead atoms. The maximum atomic E-state index is 13.5. The van der Waals surface area contributed by atoms with Crippen molar-refractivity contribution in [3.63, 3.8) is 0 Å². The maximum Gasteiger partial charge on any atom is 0.228 e. The first kappa shape index (κ1) is 22.8. The van der Waals surface area contributed by atoms with Crippen molar-refractivity contribution in [2.75, 3.05) is 39.8 Å². The van der Waals surface area contributed by atoms with Crippen molar-refractivity contribution in [3.05, 3.63) is 65.7 Å². The van der Waals surface area contributed by atoms with Gasteiger partial charge in [0.1, 0.15) is 12.4 Å². The van der Waals surface area contributed by atoms with Gasteiger partial charge in [-0.2, -0.15) is 0 Å². The predicted molar refractivity (Wildman–Crippen MR) is 130 cm³/mol. The smallest absolute Gasteiger partial charge is 0.228 e. The van der Waals surface area contributed by atoms with E-state index < -0.39 is 0 Å². The van der Waals surface area contributed by atoms with Crippen LogP contribution in [0.1, 0.15) is 49.7 Å². The van der Waals surface area contributed by atoms with E-state index in [1.807, 2.05) is 18.0 Å². The Hall–Kier alpha value is -2.33. The van der Waals surface area contributed by atoms with Gasteiger partial charge in [0.05, 0.1) is 12.0 Å². The first-order valence-corrected chi connectivity index (χ1v) is 12.4. The van der Waals surface area contributed by atoms with Crippen molar-refractivity contribution in [3.8, 4) is 5.75 Å². The lowest BCUT2D eigenvalue weighted by molar-refractivity contribution is -0.145. The Morgan fingerprint density at radius 1 is 0.906 bits per heavy atom. The zero-order valence-electron chi connectivity index (χ0n) is 19.6. The van der Waals surface area contributed by atoms with Gasteiger partial charge < -0.3 is 14.5 Å². The van der Waals surface area contributed by atoms with Crippen molar-refractivity contribution >= 4 is 5.91 Å². The van der Waals surface area contributed by atoms with E-state index in [1.165, 1.54) is 17.5 Å². The molecule has 0 N–H and O–H groups in total. The fourth-order valence-corrected chi connectivity index (χ4v) is 5.36. The minimum absolute atomic E-state index is 0.191. The van der Waals surface area contributed by atoms with E-state index in [1.54, 1.807) is 0 Å². The molecule has 4 nitrogen and oxygen atoms in total. The Morgan fingerprint density at radius 3 is 2.47 bits per heavy atom. The summed E-state index contributed by atoms with van der Waals surface area (Å²) in [5, 5.41) is 0. The third-order valence-electron chi connectivity index (χ3n) is 7.40. The van der Waals surface area contributed by atoms with Crippen LogP contribution in [0.25, 0.3) is 0 Å². The number of likely N-dealkylation sites (tertiary alicyclic amines) is 1. The number of hydrogen-bond donors (Lipinski definition) is 0. The summed E-state index contributed by atoms with van der Waals surface area (Å²) in [4.78, 5) is 18.0. The lowest BCUT2D eigenvalue weighted by Gasteiger charge is -2.43. The van der Waals surface area contributed by atoms with E-state index in [2.05, 4.69) is 53.4 Å². The van der Waals surface area contributed by atoms with Crippen LogP contribution in [0.4, 0.5) is 0 Å². The molecule has 2 aromatic carbocycles. The number of ether oxygens (including phenoxy) is 1. The van der Waals surface area contributed by atoms with Crippen LogP contribution in [0.5, 0.6) is 5.75 Å². The molecule has 2 aliphatic rings. The van der Waals surface area contributed by atoms with Crippen LogP contribution in [0, 0.1) is 5.41 Å². The minimum atomic E-state index is -0.191. The summed E-state index contributed by atoms with van der Waals surface area (Å²) >= 11 is 0. The van der Waals surface area contributed by atoms with Gasteiger partial charge >= 0.3 is 0 Å². The number of amides is 1. The van der Waals surface area contributed by atoms with Gasteiger partial charge in [-0.1, -0.05) is 55.0 Å². The molecule has 2 heterocycles. The van der Waals surface area contributed by atoms with Crippen molar-refractivity contribution < 1.29 is 9.53 Å². The summed E-state index contributed by atoms with van der Waals surface area (Å²) in [6.07, 6.45) is 8.53. The number of hydrogen-bond acceptors (Lipinski definition) is 3. The molecule has 2 aliphatic heterocycles. The fourth-order valence-electron chi connectivity index (χ4n) is 5.36. The van der Waals surface area contributed by atoms with Gasteiger partial charge in [-0.3, -0.25) is 4.79 Å². The Bertz CT molecular complexity index is 859. The molecule has 0 atom stereocenters. The molecule has 1 amide bonds. The second-order valence-corrected chi connectivity index (χ2v) is 9.60. The minimum Gasteiger partial charge on any atom is -0.491 e. The number of piperidine rings is 1. The number of carbonyl (C=O) groups excluding carboxylic acids is 1. The highest BCUT2D eigenvalue weighted by molar-refractivity contribution is 5.82. The zero-order valence-corrected chi connectivity index (χ0v) is 19.6. The summed E-state index contributed by atoms with van der Waals surface area (Å²) in [6, 6.07) is 19.1. The van der Waals surface area contributed by atoms with Gasteiger partial charge in [0.2, 0.25) is 5.91 Å². The molecule has 0 unspecified atom stereocenters. The van der Waals surface area contributed by atoms with Gasteiger partial charge in [-0.25, -0.2) is 0 Å². The molecular formula is C28H38N2O2. The van der Waals surface area contributed by atoms with E-state index in [9.17, 15) is 4.79 Å². The third kappa shape index (κ3) is 5.72. The number of para-hydroxylation sites is 1. The number of aryl methyl sites for hydroxylation is 2. The number of benzene rings is 2. The SMILES string of the molecule is CN1CCOc2ccccc2CCCCC2(CCN(CCCc3ccccc3)CC2)C1=O.